The predicted octanol–water partition coefficient (Wildman–Crippen LogP) is 8.04. The van der Waals surface area contributed by atoms with Gasteiger partial charge in [-0.05, 0) is 94.6 Å². The van der Waals surface area contributed by atoms with Gasteiger partial charge in [-0.1, -0.05) is 43.8 Å². The molecule has 0 aromatic heterocycles. The standard InChI is InChI=1S/C31H43N3.CH4/c1-7-32(8-2)28-19-13-25(14-20-28)31(26-15-21-29(22-16-26)33(9-3)10-4)27-17-23-30(24-18-27)34(11-5)12-6;/h13-24,31H,7-12H2,1-6H3;1H4/i31D;. The highest BCUT2D eigenvalue weighted by Gasteiger charge is 2.18. The molecule has 0 saturated heterocycles. The molecule has 0 aliphatic rings. The fourth-order valence-corrected chi connectivity index (χ4v) is 4.78. The smallest absolute Gasteiger partial charge is 0.0452 e. The average Bonchev–Trinajstić information content (AvgIpc) is 2.91. The first-order valence-corrected chi connectivity index (χ1v) is 13.0. The van der Waals surface area contributed by atoms with Crippen molar-refractivity contribution >= 4 is 17.1 Å². The van der Waals surface area contributed by atoms with Crippen molar-refractivity contribution in [1.29, 1.82) is 0 Å². The van der Waals surface area contributed by atoms with E-state index in [1.807, 2.05) is 0 Å². The van der Waals surface area contributed by atoms with Crippen LogP contribution in [0.15, 0.2) is 72.8 Å². The summed E-state index contributed by atoms with van der Waals surface area (Å²) in [4.78, 5) is 7.02. The van der Waals surface area contributed by atoms with Crippen LogP contribution >= 0.6 is 0 Å². The van der Waals surface area contributed by atoms with E-state index >= 15 is 0 Å². The number of anilines is 3. The fourth-order valence-electron chi connectivity index (χ4n) is 4.78. The van der Waals surface area contributed by atoms with Crippen molar-refractivity contribution in [2.24, 2.45) is 0 Å². The molecule has 3 aromatic carbocycles. The first-order valence-electron chi connectivity index (χ1n) is 13.5. The van der Waals surface area contributed by atoms with Crippen LogP contribution < -0.4 is 14.7 Å². The minimum absolute atomic E-state index is 0. The van der Waals surface area contributed by atoms with Crippen molar-refractivity contribution in [1.82, 2.24) is 0 Å². The third-order valence-electron chi connectivity index (χ3n) is 6.85. The molecule has 0 N–H and O–H groups in total. The number of nitrogens with zero attached hydrogens (tertiary/aromatic N) is 3. The van der Waals surface area contributed by atoms with Gasteiger partial charge in [-0.15, -0.1) is 0 Å². The zero-order valence-electron chi connectivity index (χ0n) is 23.0. The zero-order valence-corrected chi connectivity index (χ0v) is 22.0. The Bertz CT molecular complexity index is 882. The molecule has 0 bridgehead atoms. The molecule has 0 atom stereocenters. The molecule has 190 valence electrons. The molecule has 3 aromatic rings. The zero-order chi connectivity index (χ0) is 25.4. The van der Waals surface area contributed by atoms with Gasteiger partial charge in [0.1, 0.15) is 0 Å². The van der Waals surface area contributed by atoms with E-state index in [4.69, 9.17) is 0 Å². The summed E-state index contributed by atoms with van der Waals surface area (Å²) in [5.41, 5.74) is 6.57. The topological polar surface area (TPSA) is 9.72 Å². The van der Waals surface area contributed by atoms with Gasteiger partial charge in [-0.3, -0.25) is 0 Å². The van der Waals surface area contributed by atoms with Crippen LogP contribution in [0.4, 0.5) is 17.1 Å². The van der Waals surface area contributed by atoms with Gasteiger partial charge in [0.05, 0.1) is 0 Å². The van der Waals surface area contributed by atoms with Gasteiger partial charge >= 0.3 is 0 Å². The van der Waals surface area contributed by atoms with E-state index in [9.17, 15) is 1.37 Å². The lowest BCUT2D eigenvalue weighted by atomic mass is 9.85. The molecule has 0 heterocycles. The summed E-state index contributed by atoms with van der Waals surface area (Å²) < 4.78 is 9.91. The third-order valence-corrected chi connectivity index (χ3v) is 6.85. The second-order valence-corrected chi connectivity index (χ2v) is 8.53. The number of hydrogen-bond donors (Lipinski definition) is 0. The van der Waals surface area contributed by atoms with E-state index in [2.05, 4.69) is 129 Å². The lowest BCUT2D eigenvalue weighted by Crippen LogP contribution is -2.22. The van der Waals surface area contributed by atoms with Crippen molar-refractivity contribution in [3.8, 4) is 0 Å². The van der Waals surface area contributed by atoms with Gasteiger partial charge in [0, 0.05) is 63.6 Å². The lowest BCUT2D eigenvalue weighted by Gasteiger charge is -2.25. The van der Waals surface area contributed by atoms with E-state index in [0.717, 1.165) is 56.0 Å². The maximum atomic E-state index is 9.91. The van der Waals surface area contributed by atoms with Crippen LogP contribution in [0.25, 0.3) is 0 Å². The van der Waals surface area contributed by atoms with Crippen LogP contribution in [0.3, 0.4) is 0 Å². The molecule has 0 amide bonds. The molecule has 0 aliphatic heterocycles. The van der Waals surface area contributed by atoms with E-state index in [1.165, 1.54) is 17.1 Å². The Hall–Kier alpha value is -2.94. The van der Waals surface area contributed by atoms with Crippen LogP contribution in [-0.2, 0) is 0 Å². The maximum absolute atomic E-state index is 9.91. The Morgan fingerprint density at radius 3 is 0.829 bits per heavy atom. The predicted molar refractivity (Wildman–Crippen MR) is 158 cm³/mol. The third kappa shape index (κ3) is 6.60. The van der Waals surface area contributed by atoms with Gasteiger partial charge < -0.3 is 14.7 Å². The van der Waals surface area contributed by atoms with Crippen LogP contribution in [0.2, 0.25) is 0 Å². The number of hydrogen-bond acceptors (Lipinski definition) is 3. The average molecular weight is 475 g/mol. The van der Waals surface area contributed by atoms with Crippen molar-refractivity contribution in [2.45, 2.75) is 54.9 Å². The Morgan fingerprint density at radius 1 is 0.457 bits per heavy atom. The van der Waals surface area contributed by atoms with E-state index in [0.29, 0.717) is 0 Å². The molecule has 3 heteroatoms. The van der Waals surface area contributed by atoms with Gasteiger partial charge in [0.25, 0.3) is 0 Å². The lowest BCUT2D eigenvalue weighted by molar-refractivity contribution is 0.861. The molecule has 3 rings (SSSR count). The normalized spacial score (nSPS) is 11.4. The first-order chi connectivity index (χ1) is 17.0. The minimum Gasteiger partial charge on any atom is -0.372 e. The van der Waals surface area contributed by atoms with Crippen molar-refractivity contribution in [3.63, 3.8) is 0 Å². The Labute approximate surface area is 216 Å². The van der Waals surface area contributed by atoms with Crippen molar-refractivity contribution < 1.29 is 1.37 Å². The second-order valence-electron chi connectivity index (χ2n) is 8.53. The molecule has 0 spiro atoms. The Morgan fingerprint density at radius 2 is 0.657 bits per heavy atom. The highest BCUT2D eigenvalue weighted by atomic mass is 15.1. The molecule has 0 fully saturated rings. The summed E-state index contributed by atoms with van der Waals surface area (Å²) in [5, 5.41) is 0. The van der Waals surface area contributed by atoms with E-state index in [-0.39, 0.29) is 7.43 Å². The van der Waals surface area contributed by atoms with Crippen molar-refractivity contribution in [3.05, 3.63) is 89.5 Å². The highest BCUT2D eigenvalue weighted by molar-refractivity contribution is 5.56. The summed E-state index contributed by atoms with van der Waals surface area (Å²) in [5.74, 6) is -0.995. The van der Waals surface area contributed by atoms with Crippen LogP contribution in [0, 0.1) is 0 Å². The summed E-state index contributed by atoms with van der Waals surface area (Å²) in [6.07, 6.45) is 0. The molecule has 0 radical (unpaired) electrons. The molecule has 35 heavy (non-hydrogen) atoms. The van der Waals surface area contributed by atoms with Crippen molar-refractivity contribution in [2.75, 3.05) is 54.0 Å². The largest absolute Gasteiger partial charge is 0.372 e. The SMILES string of the molecule is C.[2H]C(c1ccc(N(CC)CC)cc1)(c1ccc(N(CC)CC)cc1)c1ccc(N(CC)CC)cc1. The quantitative estimate of drug-likeness (QED) is 0.246. The molecule has 0 unspecified atom stereocenters. The molecular weight excluding hydrogens is 426 g/mol. The summed E-state index contributed by atoms with van der Waals surface area (Å²) >= 11 is 0. The van der Waals surface area contributed by atoms with Crippen LogP contribution in [0.1, 0.15) is 72.9 Å². The van der Waals surface area contributed by atoms with Gasteiger partial charge in [0.15, 0.2) is 0 Å². The Kier molecular flexibility index (Phi) is 10.5. The maximum Gasteiger partial charge on any atom is 0.0452 e. The van der Waals surface area contributed by atoms with E-state index < -0.39 is 5.89 Å². The summed E-state index contributed by atoms with van der Waals surface area (Å²) in [7, 11) is 0. The van der Waals surface area contributed by atoms with Gasteiger partial charge in [-0.25, -0.2) is 0 Å². The van der Waals surface area contributed by atoms with Crippen LogP contribution in [0.5, 0.6) is 0 Å². The van der Waals surface area contributed by atoms with Crippen LogP contribution in [-0.4, -0.2) is 39.3 Å². The summed E-state index contributed by atoms with van der Waals surface area (Å²) in [6, 6.07) is 25.8. The second kappa shape index (κ2) is 13.8. The Balaban J connectivity index is 0.00000456. The first kappa shape index (κ1) is 26.7. The molecule has 0 aliphatic carbocycles. The summed E-state index contributed by atoms with van der Waals surface area (Å²) in [6.45, 7) is 18.9. The molecular formula is C32H47N3. The van der Waals surface area contributed by atoms with Gasteiger partial charge in [-0.2, -0.15) is 0 Å². The minimum atomic E-state index is -0.995. The number of rotatable bonds is 12. The number of benzene rings is 3. The molecule has 3 nitrogen and oxygen atoms in total. The van der Waals surface area contributed by atoms with E-state index in [1.54, 1.807) is 0 Å². The molecule has 0 saturated carbocycles. The van der Waals surface area contributed by atoms with Gasteiger partial charge in [0.2, 0.25) is 0 Å². The highest BCUT2D eigenvalue weighted by Crippen LogP contribution is 2.35. The fraction of sp³-hybridized carbons (Fsp3) is 0.438. The monoisotopic (exact) mass is 474 g/mol.